The fourth-order valence-corrected chi connectivity index (χ4v) is 3.15. The molecule has 0 aliphatic carbocycles. The number of carbonyl (C=O) groups excluding carboxylic acids is 1. The van der Waals surface area contributed by atoms with Crippen LogP contribution in [0.4, 0.5) is 0 Å². The third-order valence-electron chi connectivity index (χ3n) is 4.94. The van der Waals surface area contributed by atoms with Crippen molar-refractivity contribution >= 4 is 5.91 Å². The molecular weight excluding hydrogens is 376 g/mol. The average molecular weight is 405 g/mol. The summed E-state index contributed by atoms with van der Waals surface area (Å²) in [4.78, 5) is 14.7. The topological polar surface area (TPSA) is 50.8 Å². The van der Waals surface area contributed by atoms with Crippen LogP contribution in [0.3, 0.4) is 0 Å². The minimum absolute atomic E-state index is 0.0680. The molecule has 0 fully saturated rings. The van der Waals surface area contributed by atoms with Crippen LogP contribution in [0.2, 0.25) is 0 Å². The predicted octanol–water partition coefficient (Wildman–Crippen LogP) is 4.31. The van der Waals surface area contributed by atoms with Gasteiger partial charge in [0.25, 0.3) is 5.91 Å². The first-order valence-electron chi connectivity index (χ1n) is 9.92. The van der Waals surface area contributed by atoms with Crippen molar-refractivity contribution in [2.24, 2.45) is 0 Å². The number of methoxy groups -OCH3 is 1. The molecule has 0 bridgehead atoms. The minimum atomic E-state index is -0.0918. The number of likely N-dealkylation sites (N-methyl/N-ethyl adjacent to an activating group) is 1. The molecule has 1 amide bonds. The largest absolute Gasteiger partial charge is 0.497 e. The first-order valence-corrected chi connectivity index (χ1v) is 9.92. The van der Waals surface area contributed by atoms with E-state index in [1.807, 2.05) is 93.0 Å². The molecule has 5 heteroatoms. The van der Waals surface area contributed by atoms with E-state index >= 15 is 0 Å². The number of rotatable bonds is 9. The summed E-state index contributed by atoms with van der Waals surface area (Å²) in [5, 5.41) is 3.04. The molecule has 1 atom stereocenters. The maximum absolute atomic E-state index is 12.6. The molecular formula is C25H28N2O3. The van der Waals surface area contributed by atoms with Crippen LogP contribution < -0.4 is 14.8 Å². The highest BCUT2D eigenvalue weighted by Gasteiger charge is 2.16. The van der Waals surface area contributed by atoms with E-state index in [1.165, 1.54) is 0 Å². The number of para-hydroxylation sites is 1. The maximum atomic E-state index is 12.6. The average Bonchev–Trinajstić information content (AvgIpc) is 2.79. The second-order valence-corrected chi connectivity index (χ2v) is 7.26. The van der Waals surface area contributed by atoms with Crippen molar-refractivity contribution < 1.29 is 14.3 Å². The Labute approximate surface area is 178 Å². The lowest BCUT2D eigenvalue weighted by molar-refractivity contribution is 0.0942. The van der Waals surface area contributed by atoms with Gasteiger partial charge in [-0.25, -0.2) is 0 Å². The Morgan fingerprint density at radius 1 is 0.900 bits per heavy atom. The smallest absolute Gasteiger partial charge is 0.251 e. The Hall–Kier alpha value is -3.31. The minimum Gasteiger partial charge on any atom is -0.497 e. The van der Waals surface area contributed by atoms with Gasteiger partial charge in [0.05, 0.1) is 13.2 Å². The second kappa shape index (κ2) is 10.5. The van der Waals surface area contributed by atoms with Crippen LogP contribution in [0.15, 0.2) is 78.9 Å². The number of hydrogen-bond donors (Lipinski definition) is 1. The van der Waals surface area contributed by atoms with Gasteiger partial charge < -0.3 is 19.7 Å². The van der Waals surface area contributed by atoms with Crippen molar-refractivity contribution in [3.8, 4) is 11.5 Å². The van der Waals surface area contributed by atoms with Crippen LogP contribution >= 0.6 is 0 Å². The molecule has 0 spiro atoms. The molecule has 3 aromatic carbocycles. The lowest BCUT2D eigenvalue weighted by Gasteiger charge is -2.25. The lowest BCUT2D eigenvalue weighted by Crippen LogP contribution is -2.34. The fraction of sp³-hybridized carbons (Fsp3) is 0.240. The summed E-state index contributed by atoms with van der Waals surface area (Å²) < 4.78 is 11.0. The number of nitrogens with one attached hydrogen (secondary N) is 1. The summed E-state index contributed by atoms with van der Waals surface area (Å²) in [6.45, 7) is 0.975. The third-order valence-corrected chi connectivity index (χ3v) is 4.94. The normalized spacial score (nSPS) is 11.7. The first kappa shape index (κ1) is 21.4. The van der Waals surface area contributed by atoms with Crippen LogP contribution in [0.5, 0.6) is 11.5 Å². The van der Waals surface area contributed by atoms with Gasteiger partial charge in [-0.05, 0) is 61.6 Å². The summed E-state index contributed by atoms with van der Waals surface area (Å²) in [6.07, 6.45) is 0. The molecule has 5 nitrogen and oxygen atoms in total. The Morgan fingerprint density at radius 3 is 2.17 bits per heavy atom. The van der Waals surface area contributed by atoms with E-state index in [-0.39, 0.29) is 11.9 Å². The molecule has 0 aromatic heterocycles. The molecule has 1 N–H and O–H groups in total. The van der Waals surface area contributed by atoms with Gasteiger partial charge in [-0.1, -0.05) is 42.5 Å². The Kier molecular flexibility index (Phi) is 7.46. The molecule has 156 valence electrons. The molecule has 3 aromatic rings. The van der Waals surface area contributed by atoms with Gasteiger partial charge >= 0.3 is 0 Å². The molecule has 0 saturated carbocycles. The highest BCUT2D eigenvalue weighted by molar-refractivity contribution is 5.94. The van der Waals surface area contributed by atoms with Gasteiger partial charge in [-0.15, -0.1) is 0 Å². The first-order chi connectivity index (χ1) is 14.6. The van der Waals surface area contributed by atoms with E-state index in [9.17, 15) is 4.79 Å². The molecule has 0 aliphatic rings. The number of ether oxygens (including phenoxy) is 2. The standard InChI is InChI=1S/C25H28N2O3/c1-27(2)24(20-13-15-22(29-3)16-14-20)17-26-25(28)21-11-9-19(10-12-21)18-30-23-7-5-4-6-8-23/h4-16,24H,17-18H2,1-3H3,(H,26,28). The monoisotopic (exact) mass is 404 g/mol. The molecule has 0 heterocycles. The number of carbonyl (C=O) groups is 1. The predicted molar refractivity (Wildman–Crippen MR) is 119 cm³/mol. The zero-order valence-corrected chi connectivity index (χ0v) is 17.7. The molecule has 0 aliphatic heterocycles. The van der Waals surface area contributed by atoms with E-state index in [1.54, 1.807) is 7.11 Å². The van der Waals surface area contributed by atoms with Crippen molar-refractivity contribution in [3.05, 3.63) is 95.6 Å². The quantitative estimate of drug-likeness (QED) is 0.578. The van der Waals surface area contributed by atoms with Crippen molar-refractivity contribution in [1.82, 2.24) is 10.2 Å². The number of benzene rings is 3. The maximum Gasteiger partial charge on any atom is 0.251 e. The van der Waals surface area contributed by atoms with E-state index in [2.05, 4.69) is 10.2 Å². The van der Waals surface area contributed by atoms with Crippen molar-refractivity contribution in [3.63, 3.8) is 0 Å². The summed E-state index contributed by atoms with van der Waals surface area (Å²) in [7, 11) is 5.66. The highest BCUT2D eigenvalue weighted by atomic mass is 16.5. The van der Waals surface area contributed by atoms with E-state index < -0.39 is 0 Å². The summed E-state index contributed by atoms with van der Waals surface area (Å²) in [5.41, 5.74) is 2.76. The van der Waals surface area contributed by atoms with Gasteiger partial charge in [0.2, 0.25) is 0 Å². The van der Waals surface area contributed by atoms with Crippen molar-refractivity contribution in [2.45, 2.75) is 12.6 Å². The number of nitrogens with zero attached hydrogens (tertiary/aromatic N) is 1. The molecule has 3 rings (SSSR count). The van der Waals surface area contributed by atoms with Crippen LogP contribution in [-0.2, 0) is 6.61 Å². The summed E-state index contributed by atoms with van der Waals surface area (Å²) in [6, 6.07) is 25.2. The van der Waals surface area contributed by atoms with Crippen LogP contribution in [0, 0.1) is 0 Å². The Bertz CT molecular complexity index is 923. The Morgan fingerprint density at radius 2 is 1.57 bits per heavy atom. The third kappa shape index (κ3) is 5.84. The summed E-state index contributed by atoms with van der Waals surface area (Å²) >= 11 is 0. The second-order valence-electron chi connectivity index (χ2n) is 7.26. The van der Waals surface area contributed by atoms with E-state index in [0.29, 0.717) is 18.7 Å². The van der Waals surface area contributed by atoms with Crippen molar-refractivity contribution in [1.29, 1.82) is 0 Å². The zero-order chi connectivity index (χ0) is 21.3. The van der Waals surface area contributed by atoms with Gasteiger partial charge in [0.15, 0.2) is 0 Å². The van der Waals surface area contributed by atoms with Gasteiger partial charge in [-0.3, -0.25) is 4.79 Å². The highest BCUT2D eigenvalue weighted by Crippen LogP contribution is 2.21. The van der Waals surface area contributed by atoms with Gasteiger partial charge in [0, 0.05) is 12.1 Å². The van der Waals surface area contributed by atoms with E-state index in [0.717, 1.165) is 22.6 Å². The molecule has 0 radical (unpaired) electrons. The van der Waals surface area contributed by atoms with Crippen LogP contribution in [0.25, 0.3) is 0 Å². The van der Waals surface area contributed by atoms with E-state index in [4.69, 9.17) is 9.47 Å². The van der Waals surface area contributed by atoms with Crippen LogP contribution in [-0.4, -0.2) is 38.6 Å². The lowest BCUT2D eigenvalue weighted by atomic mass is 10.1. The van der Waals surface area contributed by atoms with Gasteiger partial charge in [0.1, 0.15) is 18.1 Å². The number of hydrogen-bond acceptors (Lipinski definition) is 4. The molecule has 0 saturated heterocycles. The molecule has 1 unspecified atom stereocenters. The number of amides is 1. The van der Waals surface area contributed by atoms with Crippen LogP contribution in [0.1, 0.15) is 27.5 Å². The molecule has 30 heavy (non-hydrogen) atoms. The van der Waals surface area contributed by atoms with Crippen molar-refractivity contribution in [2.75, 3.05) is 27.7 Å². The zero-order valence-electron chi connectivity index (χ0n) is 17.7. The summed E-state index contributed by atoms with van der Waals surface area (Å²) in [5.74, 6) is 1.55. The van der Waals surface area contributed by atoms with Gasteiger partial charge in [-0.2, -0.15) is 0 Å². The Balaban J connectivity index is 1.56. The fourth-order valence-electron chi connectivity index (χ4n) is 3.15. The SMILES string of the molecule is COc1ccc(C(CNC(=O)c2ccc(COc3ccccc3)cc2)N(C)C)cc1.